The minimum Gasteiger partial charge on any atom is -0.330 e. The van der Waals surface area contributed by atoms with Crippen molar-refractivity contribution in [3.63, 3.8) is 0 Å². The van der Waals surface area contributed by atoms with Crippen LogP contribution in [0.15, 0.2) is 17.5 Å². The van der Waals surface area contributed by atoms with E-state index in [4.69, 9.17) is 5.73 Å². The highest BCUT2D eigenvalue weighted by Crippen LogP contribution is 2.13. The van der Waals surface area contributed by atoms with Gasteiger partial charge >= 0.3 is 0 Å². The van der Waals surface area contributed by atoms with E-state index in [2.05, 4.69) is 24.4 Å². The number of thiophene rings is 1. The minimum absolute atomic E-state index is 0.685. The van der Waals surface area contributed by atoms with Gasteiger partial charge in [0.25, 0.3) is 0 Å². The lowest BCUT2D eigenvalue weighted by Crippen LogP contribution is -2.10. The molecule has 0 amide bonds. The van der Waals surface area contributed by atoms with E-state index >= 15 is 0 Å². The van der Waals surface area contributed by atoms with Gasteiger partial charge in [-0.1, -0.05) is 13.0 Å². The molecule has 1 nitrogen and oxygen atoms in total. The molecule has 68 valence electrons. The Morgan fingerprint density at radius 3 is 3.00 bits per heavy atom. The minimum atomic E-state index is 0.685. The summed E-state index contributed by atoms with van der Waals surface area (Å²) in [5.74, 6) is 0.685. The molecule has 0 spiro atoms. The molecule has 2 heteroatoms. The van der Waals surface area contributed by atoms with Crippen LogP contribution in [0.5, 0.6) is 0 Å². The largest absolute Gasteiger partial charge is 0.330 e. The second-order valence-corrected chi connectivity index (χ2v) is 4.34. The first-order valence-electron chi connectivity index (χ1n) is 4.55. The third-order valence-corrected chi connectivity index (χ3v) is 3.04. The maximum absolute atomic E-state index is 5.53. The van der Waals surface area contributed by atoms with Crippen molar-refractivity contribution >= 4 is 11.3 Å². The van der Waals surface area contributed by atoms with Gasteiger partial charge in [0.2, 0.25) is 0 Å². The molecule has 1 unspecified atom stereocenters. The Bertz CT molecular complexity index is 194. The maximum Gasteiger partial charge on any atom is 0.00452 e. The first-order valence-corrected chi connectivity index (χ1v) is 5.43. The maximum atomic E-state index is 5.53. The van der Waals surface area contributed by atoms with Gasteiger partial charge in [0.05, 0.1) is 0 Å². The normalized spacial score (nSPS) is 13.2. The average Bonchev–Trinajstić information content (AvgIpc) is 2.57. The zero-order valence-electron chi connectivity index (χ0n) is 7.62. The molecule has 1 rings (SSSR count). The lowest BCUT2D eigenvalue weighted by Gasteiger charge is -2.06. The van der Waals surface area contributed by atoms with E-state index in [1.165, 1.54) is 24.1 Å². The van der Waals surface area contributed by atoms with Crippen LogP contribution in [0.25, 0.3) is 0 Å². The predicted molar refractivity (Wildman–Crippen MR) is 55.5 cm³/mol. The molecule has 0 saturated heterocycles. The van der Waals surface area contributed by atoms with E-state index in [-0.39, 0.29) is 0 Å². The second kappa shape index (κ2) is 5.33. The van der Waals surface area contributed by atoms with Crippen LogP contribution in [-0.2, 0) is 6.42 Å². The first-order chi connectivity index (χ1) is 5.83. The number of aryl methyl sites for hydroxylation is 1. The van der Waals surface area contributed by atoms with Gasteiger partial charge in [0, 0.05) is 4.88 Å². The fourth-order valence-corrected chi connectivity index (χ4v) is 1.95. The molecule has 0 radical (unpaired) electrons. The first kappa shape index (κ1) is 9.75. The van der Waals surface area contributed by atoms with Gasteiger partial charge in [0.1, 0.15) is 0 Å². The summed E-state index contributed by atoms with van der Waals surface area (Å²) in [4.78, 5) is 1.50. The molecule has 0 aromatic carbocycles. The van der Waals surface area contributed by atoms with Crippen LogP contribution in [0.3, 0.4) is 0 Å². The van der Waals surface area contributed by atoms with E-state index in [9.17, 15) is 0 Å². The molecule has 0 aliphatic heterocycles. The van der Waals surface area contributed by atoms with Gasteiger partial charge in [0.15, 0.2) is 0 Å². The fourth-order valence-electron chi connectivity index (χ4n) is 1.20. The van der Waals surface area contributed by atoms with Crippen LogP contribution < -0.4 is 5.73 Å². The van der Waals surface area contributed by atoms with Gasteiger partial charge < -0.3 is 5.73 Å². The number of hydrogen-bond donors (Lipinski definition) is 1. The quantitative estimate of drug-likeness (QED) is 0.746. The third kappa shape index (κ3) is 3.37. The molecule has 0 saturated carbocycles. The second-order valence-electron chi connectivity index (χ2n) is 3.31. The number of nitrogens with two attached hydrogens (primary N) is 1. The highest BCUT2D eigenvalue weighted by Gasteiger charge is 1.99. The lowest BCUT2D eigenvalue weighted by atomic mass is 10.0. The molecular formula is C10H17NS. The van der Waals surface area contributed by atoms with E-state index in [0.29, 0.717) is 5.92 Å². The van der Waals surface area contributed by atoms with E-state index in [1.807, 2.05) is 11.3 Å². The van der Waals surface area contributed by atoms with Crippen molar-refractivity contribution in [2.24, 2.45) is 11.7 Å². The summed E-state index contributed by atoms with van der Waals surface area (Å²) in [6, 6.07) is 4.32. The van der Waals surface area contributed by atoms with Gasteiger partial charge in [-0.2, -0.15) is 0 Å². The Morgan fingerprint density at radius 1 is 1.58 bits per heavy atom. The van der Waals surface area contributed by atoms with Crippen LogP contribution in [0, 0.1) is 5.92 Å². The predicted octanol–water partition coefficient (Wildman–Crippen LogP) is 2.67. The van der Waals surface area contributed by atoms with Gasteiger partial charge in [-0.3, -0.25) is 0 Å². The Balaban J connectivity index is 2.11. The summed E-state index contributed by atoms with van der Waals surface area (Å²) in [6.45, 7) is 3.04. The number of rotatable bonds is 5. The zero-order chi connectivity index (χ0) is 8.81. The monoisotopic (exact) mass is 183 g/mol. The molecule has 1 heterocycles. The van der Waals surface area contributed by atoms with Crippen LogP contribution >= 0.6 is 11.3 Å². The fraction of sp³-hybridized carbons (Fsp3) is 0.600. The molecular weight excluding hydrogens is 166 g/mol. The molecule has 0 aliphatic carbocycles. The standard InChI is InChI=1S/C10H17NS/c1-9(8-11)4-2-5-10-6-3-7-12-10/h3,6-7,9H,2,4-5,8,11H2,1H3. The smallest absolute Gasteiger partial charge is 0.00452 e. The Labute approximate surface area is 78.6 Å². The average molecular weight is 183 g/mol. The zero-order valence-corrected chi connectivity index (χ0v) is 8.44. The Hall–Kier alpha value is -0.340. The van der Waals surface area contributed by atoms with Crippen molar-refractivity contribution in [1.29, 1.82) is 0 Å². The lowest BCUT2D eigenvalue weighted by molar-refractivity contribution is 0.522. The van der Waals surface area contributed by atoms with Crippen LogP contribution in [0.1, 0.15) is 24.6 Å². The highest BCUT2D eigenvalue weighted by atomic mass is 32.1. The van der Waals surface area contributed by atoms with Crippen molar-refractivity contribution in [2.45, 2.75) is 26.2 Å². The van der Waals surface area contributed by atoms with Gasteiger partial charge in [-0.25, -0.2) is 0 Å². The third-order valence-electron chi connectivity index (χ3n) is 2.10. The Kier molecular flexibility index (Phi) is 4.33. The van der Waals surface area contributed by atoms with E-state index in [0.717, 1.165) is 6.54 Å². The van der Waals surface area contributed by atoms with Crippen molar-refractivity contribution in [2.75, 3.05) is 6.54 Å². The summed E-state index contributed by atoms with van der Waals surface area (Å²) < 4.78 is 0. The van der Waals surface area contributed by atoms with Crippen LogP contribution in [0.2, 0.25) is 0 Å². The van der Waals surface area contributed by atoms with Crippen molar-refractivity contribution in [3.05, 3.63) is 22.4 Å². The van der Waals surface area contributed by atoms with Crippen molar-refractivity contribution < 1.29 is 0 Å². The Morgan fingerprint density at radius 2 is 2.42 bits per heavy atom. The molecule has 0 fully saturated rings. The summed E-state index contributed by atoms with van der Waals surface area (Å²) in [5, 5.41) is 2.14. The summed E-state index contributed by atoms with van der Waals surface area (Å²) >= 11 is 1.85. The van der Waals surface area contributed by atoms with Gasteiger partial charge in [-0.05, 0) is 43.2 Å². The highest BCUT2D eigenvalue weighted by molar-refractivity contribution is 7.09. The van der Waals surface area contributed by atoms with E-state index < -0.39 is 0 Å². The van der Waals surface area contributed by atoms with Crippen LogP contribution in [-0.4, -0.2) is 6.54 Å². The molecule has 2 N–H and O–H groups in total. The summed E-state index contributed by atoms with van der Waals surface area (Å²) in [5.41, 5.74) is 5.53. The molecule has 12 heavy (non-hydrogen) atoms. The molecule has 1 aromatic rings. The molecule has 0 bridgehead atoms. The summed E-state index contributed by atoms with van der Waals surface area (Å²) in [6.07, 6.45) is 3.76. The molecule has 0 aliphatic rings. The SMILES string of the molecule is CC(CN)CCCc1cccs1. The number of hydrogen-bond acceptors (Lipinski definition) is 2. The van der Waals surface area contributed by atoms with Gasteiger partial charge in [-0.15, -0.1) is 11.3 Å². The van der Waals surface area contributed by atoms with E-state index in [1.54, 1.807) is 0 Å². The topological polar surface area (TPSA) is 26.0 Å². The molecule has 1 atom stereocenters. The van der Waals surface area contributed by atoms with Crippen LogP contribution in [0.4, 0.5) is 0 Å². The summed E-state index contributed by atoms with van der Waals surface area (Å²) in [7, 11) is 0. The van der Waals surface area contributed by atoms with Crippen molar-refractivity contribution in [3.8, 4) is 0 Å². The molecule has 1 aromatic heterocycles. The van der Waals surface area contributed by atoms with Crippen molar-refractivity contribution in [1.82, 2.24) is 0 Å².